The van der Waals surface area contributed by atoms with Gasteiger partial charge in [0.2, 0.25) is 11.8 Å². The summed E-state index contributed by atoms with van der Waals surface area (Å²) >= 11 is 0. The fraction of sp³-hybridized carbons (Fsp3) is 0.500. The van der Waals surface area contributed by atoms with E-state index in [1.807, 2.05) is 24.3 Å². The third-order valence-corrected chi connectivity index (χ3v) is 3.79. The van der Waals surface area contributed by atoms with Gasteiger partial charge in [-0.15, -0.1) is 0 Å². The van der Waals surface area contributed by atoms with E-state index in [4.69, 9.17) is 0 Å². The average Bonchev–Trinajstić information content (AvgIpc) is 2.50. The van der Waals surface area contributed by atoms with Crippen LogP contribution in [-0.2, 0) is 16.0 Å². The summed E-state index contributed by atoms with van der Waals surface area (Å²) in [6.45, 7) is 1.81. The number of likely N-dealkylation sites (N-methyl/N-ethyl adjacent to an activating group) is 1. The molecule has 0 bridgehead atoms. The van der Waals surface area contributed by atoms with Gasteiger partial charge in [0.15, 0.2) is 0 Å². The van der Waals surface area contributed by atoms with Crippen LogP contribution in [0, 0.1) is 5.92 Å². The van der Waals surface area contributed by atoms with E-state index in [-0.39, 0.29) is 17.7 Å². The lowest BCUT2D eigenvalue weighted by molar-refractivity contribution is -0.128. The Morgan fingerprint density at radius 1 is 1.19 bits per heavy atom. The molecule has 2 amide bonds. The fourth-order valence-electron chi connectivity index (χ4n) is 2.37. The van der Waals surface area contributed by atoms with Crippen LogP contribution in [-0.4, -0.2) is 43.9 Å². The molecule has 0 unspecified atom stereocenters. The zero-order valence-corrected chi connectivity index (χ0v) is 12.7. The van der Waals surface area contributed by atoms with E-state index < -0.39 is 0 Å². The number of nitrogens with zero attached hydrogens (tertiary/aromatic N) is 1. The van der Waals surface area contributed by atoms with Gasteiger partial charge in [0.1, 0.15) is 0 Å². The molecule has 2 rings (SSSR count). The molecule has 21 heavy (non-hydrogen) atoms. The number of amides is 2. The van der Waals surface area contributed by atoms with Crippen molar-refractivity contribution < 1.29 is 9.59 Å². The van der Waals surface area contributed by atoms with Crippen molar-refractivity contribution in [2.24, 2.45) is 5.92 Å². The summed E-state index contributed by atoms with van der Waals surface area (Å²) in [5.74, 6) is 0.261. The Morgan fingerprint density at radius 3 is 2.38 bits per heavy atom. The van der Waals surface area contributed by atoms with E-state index >= 15 is 0 Å². The quantitative estimate of drug-likeness (QED) is 0.877. The van der Waals surface area contributed by atoms with E-state index in [1.165, 1.54) is 0 Å². The minimum Gasteiger partial charge on any atom is -0.349 e. The van der Waals surface area contributed by atoms with Crippen molar-refractivity contribution in [1.82, 2.24) is 10.2 Å². The van der Waals surface area contributed by atoms with Gasteiger partial charge in [-0.2, -0.15) is 0 Å². The van der Waals surface area contributed by atoms with Crippen molar-refractivity contribution in [3.05, 3.63) is 29.8 Å². The second kappa shape index (κ2) is 7.22. The molecule has 0 atom stereocenters. The van der Waals surface area contributed by atoms with Gasteiger partial charge in [0, 0.05) is 25.7 Å². The van der Waals surface area contributed by atoms with E-state index in [1.54, 1.807) is 19.0 Å². The van der Waals surface area contributed by atoms with Gasteiger partial charge in [-0.25, -0.2) is 0 Å². The lowest BCUT2D eigenvalue weighted by Gasteiger charge is -2.21. The summed E-state index contributed by atoms with van der Waals surface area (Å²) in [6, 6.07) is 7.49. The smallest absolute Gasteiger partial charge is 0.227 e. The standard InChI is InChI=1S/C16H23N3O2/c1-19(2)15(20)11-12-3-5-14(6-4-12)18-16(21)13-7-9-17-10-8-13/h3-6,13,17H,7-11H2,1-2H3,(H,18,21). The maximum absolute atomic E-state index is 12.1. The second-order valence-corrected chi connectivity index (χ2v) is 5.68. The number of anilines is 1. The molecule has 5 heteroatoms. The highest BCUT2D eigenvalue weighted by Crippen LogP contribution is 2.16. The van der Waals surface area contributed by atoms with Crippen molar-refractivity contribution >= 4 is 17.5 Å². The average molecular weight is 289 g/mol. The van der Waals surface area contributed by atoms with Gasteiger partial charge in [-0.3, -0.25) is 9.59 Å². The molecule has 1 heterocycles. The highest BCUT2D eigenvalue weighted by atomic mass is 16.2. The predicted octanol–water partition coefficient (Wildman–Crippen LogP) is 1.26. The van der Waals surface area contributed by atoms with E-state index in [9.17, 15) is 9.59 Å². The lowest BCUT2D eigenvalue weighted by atomic mass is 9.97. The molecule has 0 aromatic heterocycles. The molecule has 0 spiro atoms. The topological polar surface area (TPSA) is 61.4 Å². The minimum atomic E-state index is 0.0708. The first-order chi connectivity index (χ1) is 10.1. The first-order valence-corrected chi connectivity index (χ1v) is 7.37. The van der Waals surface area contributed by atoms with Crippen LogP contribution in [0.25, 0.3) is 0 Å². The minimum absolute atomic E-state index is 0.0708. The summed E-state index contributed by atoms with van der Waals surface area (Å²) in [6.07, 6.45) is 2.16. The molecule has 1 aliphatic heterocycles. The zero-order valence-electron chi connectivity index (χ0n) is 12.7. The summed E-state index contributed by atoms with van der Waals surface area (Å²) in [7, 11) is 3.49. The van der Waals surface area contributed by atoms with Gasteiger partial charge >= 0.3 is 0 Å². The molecule has 114 valence electrons. The fourth-order valence-corrected chi connectivity index (χ4v) is 2.37. The van der Waals surface area contributed by atoms with E-state index in [0.717, 1.165) is 37.2 Å². The van der Waals surface area contributed by atoms with Crippen LogP contribution in [0.1, 0.15) is 18.4 Å². The zero-order chi connectivity index (χ0) is 15.2. The first kappa shape index (κ1) is 15.5. The van der Waals surface area contributed by atoms with Gasteiger partial charge < -0.3 is 15.5 Å². The molecule has 1 aromatic rings. The Labute approximate surface area is 125 Å². The molecule has 2 N–H and O–H groups in total. The maximum atomic E-state index is 12.1. The molecule has 5 nitrogen and oxygen atoms in total. The summed E-state index contributed by atoms with van der Waals surface area (Å²) in [5, 5.41) is 6.21. The second-order valence-electron chi connectivity index (χ2n) is 5.68. The molecule has 1 saturated heterocycles. The highest BCUT2D eigenvalue weighted by molar-refractivity contribution is 5.92. The predicted molar refractivity (Wildman–Crippen MR) is 83.1 cm³/mol. The van der Waals surface area contributed by atoms with Crippen LogP contribution in [0.2, 0.25) is 0 Å². The molecule has 0 aliphatic carbocycles. The Morgan fingerprint density at radius 2 is 1.81 bits per heavy atom. The summed E-state index contributed by atoms with van der Waals surface area (Å²) < 4.78 is 0. The van der Waals surface area contributed by atoms with E-state index in [2.05, 4.69) is 10.6 Å². The largest absolute Gasteiger partial charge is 0.349 e. The number of carbonyl (C=O) groups is 2. The van der Waals surface area contributed by atoms with E-state index in [0.29, 0.717) is 6.42 Å². The van der Waals surface area contributed by atoms with Crippen LogP contribution in [0.3, 0.4) is 0 Å². The van der Waals surface area contributed by atoms with Crippen molar-refractivity contribution in [1.29, 1.82) is 0 Å². The van der Waals surface area contributed by atoms with Crippen molar-refractivity contribution in [2.75, 3.05) is 32.5 Å². The van der Waals surface area contributed by atoms with Gasteiger partial charge in [-0.05, 0) is 43.6 Å². The Bertz CT molecular complexity index is 491. The molecule has 0 saturated carbocycles. The van der Waals surface area contributed by atoms with Gasteiger partial charge in [-0.1, -0.05) is 12.1 Å². The maximum Gasteiger partial charge on any atom is 0.227 e. The summed E-state index contributed by atoms with van der Waals surface area (Å²) in [5.41, 5.74) is 1.74. The molecule has 1 aliphatic rings. The SMILES string of the molecule is CN(C)C(=O)Cc1ccc(NC(=O)C2CCNCC2)cc1. The number of carbonyl (C=O) groups excluding carboxylic acids is 2. The number of piperidine rings is 1. The van der Waals surface area contributed by atoms with Crippen LogP contribution >= 0.6 is 0 Å². The molecular weight excluding hydrogens is 266 g/mol. The number of hydrogen-bond donors (Lipinski definition) is 2. The number of nitrogens with one attached hydrogen (secondary N) is 2. The van der Waals surface area contributed by atoms with Gasteiger partial charge in [0.05, 0.1) is 6.42 Å². The Balaban J connectivity index is 1.89. The van der Waals surface area contributed by atoms with Crippen LogP contribution in [0.4, 0.5) is 5.69 Å². The molecule has 0 radical (unpaired) electrons. The lowest BCUT2D eigenvalue weighted by Crippen LogP contribution is -2.34. The Kier molecular flexibility index (Phi) is 5.33. The van der Waals surface area contributed by atoms with Crippen molar-refractivity contribution in [2.45, 2.75) is 19.3 Å². The Hall–Kier alpha value is -1.88. The first-order valence-electron chi connectivity index (χ1n) is 7.37. The highest BCUT2D eigenvalue weighted by Gasteiger charge is 2.20. The normalized spacial score (nSPS) is 15.5. The van der Waals surface area contributed by atoms with Crippen LogP contribution in [0.15, 0.2) is 24.3 Å². The van der Waals surface area contributed by atoms with Crippen molar-refractivity contribution in [3.8, 4) is 0 Å². The number of rotatable bonds is 4. The van der Waals surface area contributed by atoms with Gasteiger partial charge in [0.25, 0.3) is 0 Å². The number of benzene rings is 1. The van der Waals surface area contributed by atoms with Crippen molar-refractivity contribution in [3.63, 3.8) is 0 Å². The monoisotopic (exact) mass is 289 g/mol. The van der Waals surface area contributed by atoms with Crippen LogP contribution < -0.4 is 10.6 Å². The molecular formula is C16H23N3O2. The number of hydrogen-bond acceptors (Lipinski definition) is 3. The molecule has 1 aromatic carbocycles. The molecule has 1 fully saturated rings. The third kappa shape index (κ3) is 4.56. The third-order valence-electron chi connectivity index (χ3n) is 3.79. The summed E-state index contributed by atoms with van der Waals surface area (Å²) in [4.78, 5) is 25.3. The van der Waals surface area contributed by atoms with Crippen LogP contribution in [0.5, 0.6) is 0 Å².